The molecule has 202 valence electrons. The molecule has 0 bridgehead atoms. The zero-order valence-electron chi connectivity index (χ0n) is 20.0. The van der Waals surface area contributed by atoms with Crippen molar-refractivity contribution in [1.29, 1.82) is 0 Å². The van der Waals surface area contributed by atoms with Crippen molar-refractivity contribution in [2.24, 2.45) is 0 Å². The number of ether oxygens (including phenoxy) is 1. The molecule has 4 rings (SSSR count). The van der Waals surface area contributed by atoms with Crippen LogP contribution in [0.15, 0.2) is 102 Å². The number of nitrogens with zero attached hydrogens (tertiary/aromatic N) is 3. The standard InChI is InChI=1S/C26H16ClN3O9S/c27-19-5-15-24(16-6-19)40(37,38)28(25(31)17-1-7-21(8-2-17)29(33)34)20-11-13-23(14-12-20)39-26(32)18-3-9-22(10-4-18)30(35)36/h1-16H. The number of esters is 1. The molecule has 0 heterocycles. The minimum absolute atomic E-state index is 0.00118. The van der Waals surface area contributed by atoms with Crippen LogP contribution in [0, 0.1) is 20.2 Å². The van der Waals surface area contributed by atoms with E-state index in [0.717, 1.165) is 36.4 Å². The molecule has 0 fully saturated rings. The van der Waals surface area contributed by atoms with Crippen molar-refractivity contribution in [2.45, 2.75) is 4.90 Å². The lowest BCUT2D eigenvalue weighted by atomic mass is 10.2. The highest BCUT2D eigenvalue weighted by Crippen LogP contribution is 2.29. The molecule has 4 aromatic rings. The molecule has 4 aromatic carbocycles. The van der Waals surface area contributed by atoms with E-state index in [1.165, 1.54) is 60.7 Å². The summed E-state index contributed by atoms with van der Waals surface area (Å²) in [4.78, 5) is 46.2. The van der Waals surface area contributed by atoms with Gasteiger partial charge < -0.3 is 4.74 Å². The highest BCUT2D eigenvalue weighted by atomic mass is 35.5. The number of carbonyl (C=O) groups is 2. The third-order valence-corrected chi connectivity index (χ3v) is 7.43. The Morgan fingerprint density at radius 2 is 1.18 bits per heavy atom. The van der Waals surface area contributed by atoms with Gasteiger partial charge in [-0.2, -0.15) is 4.31 Å². The zero-order chi connectivity index (χ0) is 29.0. The van der Waals surface area contributed by atoms with Gasteiger partial charge in [-0.1, -0.05) is 11.6 Å². The average molecular weight is 582 g/mol. The molecule has 14 heteroatoms. The van der Waals surface area contributed by atoms with Crippen LogP contribution >= 0.6 is 11.6 Å². The molecule has 0 aliphatic rings. The number of hydrogen-bond donors (Lipinski definition) is 0. The number of amides is 1. The van der Waals surface area contributed by atoms with E-state index in [1.54, 1.807) is 0 Å². The predicted octanol–water partition coefficient (Wildman–Crippen LogP) is 5.41. The van der Waals surface area contributed by atoms with E-state index in [-0.39, 0.29) is 43.9 Å². The molecule has 0 unspecified atom stereocenters. The molecule has 0 aromatic heterocycles. The van der Waals surface area contributed by atoms with E-state index < -0.39 is 31.7 Å². The Bertz CT molecular complexity index is 1710. The largest absolute Gasteiger partial charge is 0.423 e. The van der Waals surface area contributed by atoms with Gasteiger partial charge in [0, 0.05) is 34.9 Å². The van der Waals surface area contributed by atoms with Crippen LogP contribution in [0.5, 0.6) is 5.75 Å². The van der Waals surface area contributed by atoms with Gasteiger partial charge >= 0.3 is 5.97 Å². The first kappa shape index (κ1) is 27.9. The lowest BCUT2D eigenvalue weighted by Gasteiger charge is -2.23. The summed E-state index contributed by atoms with van der Waals surface area (Å²) in [5.74, 6) is -1.82. The highest BCUT2D eigenvalue weighted by molar-refractivity contribution is 7.93. The molecule has 0 saturated carbocycles. The fraction of sp³-hybridized carbons (Fsp3) is 0. The Labute approximate surface area is 231 Å². The molecule has 0 saturated heterocycles. The molecular weight excluding hydrogens is 566 g/mol. The number of benzene rings is 4. The van der Waals surface area contributed by atoms with E-state index >= 15 is 0 Å². The van der Waals surface area contributed by atoms with Crippen LogP contribution in [0.2, 0.25) is 5.02 Å². The summed E-state index contributed by atoms with van der Waals surface area (Å²) in [6.45, 7) is 0. The summed E-state index contributed by atoms with van der Waals surface area (Å²) >= 11 is 5.88. The van der Waals surface area contributed by atoms with Crippen LogP contribution in [0.1, 0.15) is 20.7 Å². The maximum Gasteiger partial charge on any atom is 0.343 e. The first-order valence-corrected chi connectivity index (χ1v) is 13.0. The van der Waals surface area contributed by atoms with Crippen molar-refractivity contribution in [1.82, 2.24) is 0 Å². The summed E-state index contributed by atoms with van der Waals surface area (Å²) < 4.78 is 32.9. The fourth-order valence-electron chi connectivity index (χ4n) is 3.45. The molecule has 0 aliphatic heterocycles. The Balaban J connectivity index is 1.67. The summed E-state index contributed by atoms with van der Waals surface area (Å²) in [7, 11) is -4.51. The minimum Gasteiger partial charge on any atom is -0.423 e. The Hall–Kier alpha value is -5.14. The third kappa shape index (κ3) is 5.95. The topological polar surface area (TPSA) is 167 Å². The second-order valence-electron chi connectivity index (χ2n) is 8.02. The second-order valence-corrected chi connectivity index (χ2v) is 10.2. The predicted molar refractivity (Wildman–Crippen MR) is 143 cm³/mol. The number of anilines is 1. The van der Waals surface area contributed by atoms with Crippen molar-refractivity contribution < 1.29 is 32.6 Å². The van der Waals surface area contributed by atoms with Crippen LogP contribution in [-0.4, -0.2) is 30.1 Å². The van der Waals surface area contributed by atoms with Gasteiger partial charge in [0.05, 0.1) is 26.0 Å². The monoisotopic (exact) mass is 581 g/mol. The maximum atomic E-state index is 13.6. The number of non-ortho nitro benzene ring substituents is 2. The summed E-state index contributed by atoms with van der Waals surface area (Å²) in [5, 5.41) is 22.1. The van der Waals surface area contributed by atoms with Crippen molar-refractivity contribution in [3.05, 3.63) is 133 Å². The van der Waals surface area contributed by atoms with Crippen molar-refractivity contribution >= 4 is 50.6 Å². The zero-order valence-corrected chi connectivity index (χ0v) is 21.6. The molecule has 0 radical (unpaired) electrons. The maximum absolute atomic E-state index is 13.6. The van der Waals surface area contributed by atoms with Gasteiger partial charge in [0.15, 0.2) is 0 Å². The van der Waals surface area contributed by atoms with Gasteiger partial charge in [0.1, 0.15) is 5.75 Å². The summed E-state index contributed by atoms with van der Waals surface area (Å²) in [5.41, 5.74) is -0.719. The van der Waals surface area contributed by atoms with Crippen molar-refractivity contribution in [3.63, 3.8) is 0 Å². The molecule has 0 atom stereocenters. The van der Waals surface area contributed by atoms with Gasteiger partial charge in [0.2, 0.25) is 0 Å². The van der Waals surface area contributed by atoms with Crippen molar-refractivity contribution in [2.75, 3.05) is 4.31 Å². The number of rotatable bonds is 8. The van der Waals surface area contributed by atoms with Gasteiger partial charge in [-0.15, -0.1) is 0 Å². The SMILES string of the molecule is O=C(Oc1ccc(N(C(=O)c2ccc([N+](=O)[O-])cc2)S(=O)(=O)c2ccc(Cl)cc2)cc1)c1ccc([N+](=O)[O-])cc1. The molecule has 12 nitrogen and oxygen atoms in total. The van der Waals surface area contributed by atoms with Gasteiger partial charge in [-0.3, -0.25) is 25.0 Å². The fourth-order valence-corrected chi connectivity index (χ4v) is 4.99. The van der Waals surface area contributed by atoms with Gasteiger partial charge in [0.25, 0.3) is 27.3 Å². The Kier molecular flexibility index (Phi) is 7.88. The van der Waals surface area contributed by atoms with E-state index in [0.29, 0.717) is 4.31 Å². The minimum atomic E-state index is -4.51. The molecular formula is C26H16ClN3O9S. The lowest BCUT2D eigenvalue weighted by Crippen LogP contribution is -2.37. The Morgan fingerprint density at radius 3 is 1.65 bits per heavy atom. The number of nitro benzene ring substituents is 2. The summed E-state index contributed by atoms with van der Waals surface area (Å²) in [6.07, 6.45) is 0. The molecule has 0 spiro atoms. The highest BCUT2D eigenvalue weighted by Gasteiger charge is 2.32. The van der Waals surface area contributed by atoms with Crippen LogP contribution in [0.25, 0.3) is 0 Å². The van der Waals surface area contributed by atoms with E-state index in [1.807, 2.05) is 0 Å². The van der Waals surface area contributed by atoms with Crippen LogP contribution in [-0.2, 0) is 10.0 Å². The smallest absolute Gasteiger partial charge is 0.343 e. The van der Waals surface area contributed by atoms with Gasteiger partial charge in [-0.25, -0.2) is 13.2 Å². The van der Waals surface area contributed by atoms with Crippen molar-refractivity contribution in [3.8, 4) is 5.75 Å². The summed E-state index contributed by atoms with van der Waals surface area (Å²) in [6, 6.07) is 19.2. The first-order chi connectivity index (χ1) is 19.0. The van der Waals surface area contributed by atoms with Gasteiger partial charge in [-0.05, 0) is 72.8 Å². The second kappa shape index (κ2) is 11.3. The quantitative estimate of drug-likeness (QED) is 0.114. The normalized spacial score (nSPS) is 10.9. The third-order valence-electron chi connectivity index (χ3n) is 5.46. The first-order valence-electron chi connectivity index (χ1n) is 11.1. The van der Waals surface area contributed by atoms with Crippen LogP contribution < -0.4 is 9.04 Å². The number of hydrogen-bond acceptors (Lipinski definition) is 9. The number of carbonyl (C=O) groups excluding carboxylic acids is 2. The number of halogens is 1. The lowest BCUT2D eigenvalue weighted by molar-refractivity contribution is -0.385. The van der Waals surface area contributed by atoms with Crippen LogP contribution in [0.4, 0.5) is 17.1 Å². The Morgan fingerprint density at radius 1 is 0.700 bits per heavy atom. The average Bonchev–Trinajstić information content (AvgIpc) is 2.94. The van der Waals surface area contributed by atoms with E-state index in [9.17, 15) is 38.2 Å². The number of sulfonamides is 1. The molecule has 1 amide bonds. The molecule has 0 N–H and O–H groups in total. The van der Waals surface area contributed by atoms with Crippen LogP contribution in [0.3, 0.4) is 0 Å². The van der Waals surface area contributed by atoms with E-state index in [2.05, 4.69) is 0 Å². The molecule has 40 heavy (non-hydrogen) atoms. The van der Waals surface area contributed by atoms with E-state index in [4.69, 9.17) is 16.3 Å². The molecule has 0 aliphatic carbocycles. The number of nitro groups is 2.